The second-order valence-corrected chi connectivity index (χ2v) is 10.9. The summed E-state index contributed by atoms with van der Waals surface area (Å²) in [6.45, 7) is 4.85. The molecule has 0 atom stereocenters. The number of methoxy groups -OCH3 is 1. The summed E-state index contributed by atoms with van der Waals surface area (Å²) in [6.07, 6.45) is 7.32. The molecule has 3 aliphatic rings. The summed E-state index contributed by atoms with van der Waals surface area (Å²) in [4.78, 5) is 19.4. The van der Waals surface area contributed by atoms with Gasteiger partial charge in [-0.15, -0.1) is 0 Å². The molecule has 36 heavy (non-hydrogen) atoms. The molecule has 0 radical (unpaired) electrons. The highest BCUT2D eigenvalue weighted by atomic mass is 32.2. The van der Waals surface area contributed by atoms with Crippen molar-refractivity contribution in [3.63, 3.8) is 0 Å². The van der Waals surface area contributed by atoms with Crippen LogP contribution in [0, 0.1) is 0 Å². The highest BCUT2D eigenvalue weighted by Crippen LogP contribution is 2.45. The average Bonchev–Trinajstić information content (AvgIpc) is 3.26. The van der Waals surface area contributed by atoms with Gasteiger partial charge in [-0.1, -0.05) is 32.3 Å². The smallest absolute Gasteiger partial charge is 0.286 e. The number of hydrogen-bond donors (Lipinski definition) is 2. The number of hydrogen-bond acceptors (Lipinski definition) is 7. The van der Waals surface area contributed by atoms with Crippen molar-refractivity contribution in [2.45, 2.75) is 44.4 Å². The second-order valence-electron chi connectivity index (χ2n) is 9.88. The molecule has 0 bridgehead atoms. The van der Waals surface area contributed by atoms with E-state index in [9.17, 15) is 15.0 Å². The second kappa shape index (κ2) is 10.2. The number of thioether (sulfide) groups is 1. The van der Waals surface area contributed by atoms with Crippen LogP contribution in [0.4, 0.5) is 0 Å². The van der Waals surface area contributed by atoms with Gasteiger partial charge in [0, 0.05) is 24.2 Å². The lowest BCUT2D eigenvalue weighted by molar-refractivity contribution is -0.113. The summed E-state index contributed by atoms with van der Waals surface area (Å²) in [5.74, 6) is 0.294. The molecule has 1 amide bonds. The van der Waals surface area contributed by atoms with Gasteiger partial charge in [0.2, 0.25) is 0 Å². The minimum Gasteiger partial charge on any atom is -0.508 e. The van der Waals surface area contributed by atoms with E-state index < -0.39 is 0 Å². The first kappa shape index (κ1) is 24.7. The third-order valence-corrected chi connectivity index (χ3v) is 8.48. The molecule has 190 valence electrons. The minimum absolute atomic E-state index is 0.0276. The van der Waals surface area contributed by atoms with Crippen LogP contribution in [-0.4, -0.2) is 59.6 Å². The van der Waals surface area contributed by atoms with Crippen molar-refractivity contribution < 1.29 is 24.5 Å². The van der Waals surface area contributed by atoms with Crippen LogP contribution in [0.2, 0.25) is 0 Å². The third kappa shape index (κ3) is 4.84. The van der Waals surface area contributed by atoms with Crippen molar-refractivity contribution in [3.05, 3.63) is 46.4 Å². The fraction of sp³-hybridized carbons (Fsp3) is 0.429. The Hall–Kier alpha value is -2.97. The minimum atomic E-state index is -0.317. The molecule has 1 saturated heterocycles. The van der Waals surface area contributed by atoms with E-state index in [0.717, 1.165) is 42.4 Å². The molecule has 2 aromatic rings. The molecule has 7 nitrogen and oxygen atoms in total. The van der Waals surface area contributed by atoms with Crippen LogP contribution in [0.25, 0.3) is 17.2 Å². The molecule has 2 heterocycles. The Morgan fingerprint density at radius 1 is 1.08 bits per heavy atom. The van der Waals surface area contributed by atoms with Gasteiger partial charge >= 0.3 is 0 Å². The highest BCUT2D eigenvalue weighted by molar-refractivity contribution is 8.18. The number of aliphatic imine (C=N–C) groups is 1. The number of amidine groups is 1. The first-order valence-corrected chi connectivity index (χ1v) is 13.3. The van der Waals surface area contributed by atoms with Crippen molar-refractivity contribution >= 4 is 28.9 Å². The summed E-state index contributed by atoms with van der Waals surface area (Å²) < 4.78 is 10.9. The van der Waals surface area contributed by atoms with Gasteiger partial charge in [-0.2, -0.15) is 4.99 Å². The van der Waals surface area contributed by atoms with Crippen molar-refractivity contribution in [2.75, 3.05) is 33.4 Å². The summed E-state index contributed by atoms with van der Waals surface area (Å²) in [5, 5.41) is 22.2. The van der Waals surface area contributed by atoms with Crippen LogP contribution in [0.3, 0.4) is 0 Å². The van der Waals surface area contributed by atoms with E-state index in [4.69, 9.17) is 9.47 Å². The Labute approximate surface area is 215 Å². The normalized spacial score (nSPS) is 21.1. The quantitative estimate of drug-likeness (QED) is 0.542. The van der Waals surface area contributed by atoms with E-state index in [1.165, 1.54) is 25.3 Å². The Morgan fingerprint density at radius 3 is 2.56 bits per heavy atom. The van der Waals surface area contributed by atoms with Gasteiger partial charge in [0.25, 0.3) is 5.91 Å². The van der Waals surface area contributed by atoms with Crippen molar-refractivity contribution in [1.29, 1.82) is 0 Å². The summed E-state index contributed by atoms with van der Waals surface area (Å²) in [6, 6.07) is 9.32. The predicted molar refractivity (Wildman–Crippen MR) is 143 cm³/mol. The van der Waals surface area contributed by atoms with Crippen molar-refractivity contribution in [3.8, 4) is 28.4 Å². The predicted octanol–water partition coefficient (Wildman–Crippen LogP) is 5.30. The van der Waals surface area contributed by atoms with Gasteiger partial charge in [0.1, 0.15) is 5.75 Å². The van der Waals surface area contributed by atoms with E-state index >= 15 is 0 Å². The Balaban J connectivity index is 1.49. The number of rotatable bonds is 4. The van der Waals surface area contributed by atoms with E-state index in [1.807, 2.05) is 17.0 Å². The molecule has 2 aliphatic heterocycles. The zero-order valence-corrected chi connectivity index (χ0v) is 21.6. The number of carbonyl (C=O) groups excluding carboxylic acids is 1. The first-order chi connectivity index (χ1) is 17.4. The molecular formula is C28H32N2O5S. The molecule has 0 spiro atoms. The molecule has 2 fully saturated rings. The van der Waals surface area contributed by atoms with E-state index in [0.29, 0.717) is 53.4 Å². The lowest BCUT2D eigenvalue weighted by Gasteiger charge is -2.35. The molecule has 8 heteroatoms. The van der Waals surface area contributed by atoms with Crippen molar-refractivity contribution in [2.24, 2.45) is 4.99 Å². The maximum atomic E-state index is 12.7. The number of morpholine rings is 1. The number of amides is 1. The molecular weight excluding hydrogens is 476 g/mol. The molecule has 5 rings (SSSR count). The van der Waals surface area contributed by atoms with Gasteiger partial charge in [-0.3, -0.25) is 4.79 Å². The fourth-order valence-electron chi connectivity index (χ4n) is 5.29. The zero-order valence-electron chi connectivity index (χ0n) is 20.7. The van der Waals surface area contributed by atoms with Gasteiger partial charge in [-0.25, -0.2) is 0 Å². The maximum absolute atomic E-state index is 12.7. The topological polar surface area (TPSA) is 91.6 Å². The number of aromatic hydroxyl groups is 2. The van der Waals surface area contributed by atoms with Gasteiger partial charge in [0.05, 0.1) is 25.2 Å². The Morgan fingerprint density at radius 2 is 1.83 bits per heavy atom. The number of phenols is 2. The Kier molecular flexibility index (Phi) is 6.99. The SMILES string of the molecule is COc1cc(-c2ccc(O)c(C3(C)CCCCC3)c2)cc(/C=C2\SC(N3CCOCC3)=NC2=O)c1O. The average molecular weight is 509 g/mol. The molecule has 1 aliphatic carbocycles. The third-order valence-electron chi connectivity index (χ3n) is 7.44. The molecule has 1 saturated carbocycles. The molecule has 2 aromatic carbocycles. The standard InChI is InChI=1S/C28H32N2O5S/c1-28(8-4-3-5-9-28)21-15-18(6-7-22(21)31)19-14-20(25(32)23(16-19)34-2)17-24-26(33)29-27(36-24)30-10-12-35-13-11-30/h6-7,14-17,31-32H,3-5,8-13H2,1-2H3/b24-17-. The van der Waals surface area contributed by atoms with Gasteiger partial charge < -0.3 is 24.6 Å². The van der Waals surface area contributed by atoms with Crippen LogP contribution in [0.15, 0.2) is 40.2 Å². The number of ether oxygens (including phenoxy) is 2. The lowest BCUT2D eigenvalue weighted by atomic mass is 9.70. The van der Waals surface area contributed by atoms with Crippen LogP contribution < -0.4 is 4.74 Å². The number of nitrogens with zero attached hydrogens (tertiary/aromatic N) is 2. The Bertz CT molecular complexity index is 1230. The highest BCUT2D eigenvalue weighted by Gasteiger charge is 2.32. The monoisotopic (exact) mass is 508 g/mol. The van der Waals surface area contributed by atoms with Crippen LogP contribution >= 0.6 is 11.8 Å². The van der Waals surface area contributed by atoms with E-state index in [2.05, 4.69) is 18.0 Å². The maximum Gasteiger partial charge on any atom is 0.286 e. The summed E-state index contributed by atoms with van der Waals surface area (Å²) in [5.41, 5.74) is 3.13. The molecule has 0 aromatic heterocycles. The molecule has 0 unspecified atom stereocenters. The fourth-order valence-corrected chi connectivity index (χ4v) is 6.25. The van der Waals surface area contributed by atoms with Gasteiger partial charge in [0.15, 0.2) is 16.7 Å². The largest absolute Gasteiger partial charge is 0.508 e. The first-order valence-electron chi connectivity index (χ1n) is 12.5. The molecule has 2 N–H and O–H groups in total. The van der Waals surface area contributed by atoms with Crippen LogP contribution in [-0.2, 0) is 14.9 Å². The van der Waals surface area contributed by atoms with Crippen LogP contribution in [0.1, 0.15) is 50.2 Å². The zero-order chi connectivity index (χ0) is 25.3. The van der Waals surface area contributed by atoms with E-state index in [-0.39, 0.29) is 17.1 Å². The number of phenolic OH excluding ortho intramolecular Hbond substituents is 2. The number of benzene rings is 2. The lowest BCUT2D eigenvalue weighted by Crippen LogP contribution is -2.38. The van der Waals surface area contributed by atoms with E-state index in [1.54, 1.807) is 18.2 Å². The number of carbonyl (C=O) groups is 1. The summed E-state index contributed by atoms with van der Waals surface area (Å²) in [7, 11) is 1.51. The van der Waals surface area contributed by atoms with Crippen LogP contribution in [0.5, 0.6) is 17.2 Å². The van der Waals surface area contributed by atoms with Gasteiger partial charge in [-0.05, 0) is 71.5 Å². The van der Waals surface area contributed by atoms with Crippen molar-refractivity contribution in [1.82, 2.24) is 4.90 Å². The summed E-state index contributed by atoms with van der Waals surface area (Å²) >= 11 is 1.31.